The lowest BCUT2D eigenvalue weighted by atomic mass is 9.90. The van der Waals surface area contributed by atoms with Gasteiger partial charge in [0.15, 0.2) is 11.5 Å². The molecule has 0 unspecified atom stereocenters. The van der Waals surface area contributed by atoms with Crippen molar-refractivity contribution in [3.63, 3.8) is 0 Å². The second-order valence-corrected chi connectivity index (χ2v) is 8.11. The number of benzene rings is 1. The molecule has 2 aliphatic rings. The van der Waals surface area contributed by atoms with Crippen LogP contribution in [0.2, 0.25) is 0 Å². The number of methoxy groups -OCH3 is 2. The molecule has 0 saturated heterocycles. The second-order valence-electron chi connectivity index (χ2n) is 8.11. The third-order valence-corrected chi connectivity index (χ3v) is 6.53. The number of hydrogen-bond acceptors (Lipinski definition) is 3. The first kappa shape index (κ1) is 18.3. The highest BCUT2D eigenvalue weighted by molar-refractivity contribution is 5.55. The summed E-state index contributed by atoms with van der Waals surface area (Å²) in [5.74, 6) is 3.08. The summed E-state index contributed by atoms with van der Waals surface area (Å²) in [5.41, 5.74) is 1.80. The van der Waals surface area contributed by atoms with E-state index in [9.17, 15) is 0 Å². The van der Waals surface area contributed by atoms with Crippen LogP contribution in [0.25, 0.3) is 6.08 Å². The smallest absolute Gasteiger partial charge is 0.161 e. The molecule has 3 rings (SSSR count). The second kappa shape index (κ2) is 7.03. The molecular formula is C22H32O3. The van der Waals surface area contributed by atoms with Gasteiger partial charge in [-0.05, 0) is 67.6 Å². The van der Waals surface area contributed by atoms with E-state index in [1.165, 1.54) is 19.3 Å². The lowest BCUT2D eigenvalue weighted by Crippen LogP contribution is -2.29. The molecule has 0 spiro atoms. The van der Waals surface area contributed by atoms with Crippen molar-refractivity contribution in [2.45, 2.75) is 52.1 Å². The fourth-order valence-corrected chi connectivity index (χ4v) is 4.71. The van der Waals surface area contributed by atoms with Crippen LogP contribution in [0.4, 0.5) is 0 Å². The predicted molar refractivity (Wildman–Crippen MR) is 102 cm³/mol. The van der Waals surface area contributed by atoms with E-state index >= 15 is 0 Å². The SMILES string of the molecule is COc1ccc(/C=C/CCO[C@]2(C)CC[C@]3(C(C)C)C[C@H]32)cc1OC. The molecule has 1 aromatic rings. The molecule has 0 N–H and O–H groups in total. The van der Waals surface area contributed by atoms with E-state index in [-0.39, 0.29) is 5.60 Å². The Labute approximate surface area is 152 Å². The number of hydrogen-bond donors (Lipinski definition) is 0. The third-order valence-electron chi connectivity index (χ3n) is 6.53. The Hall–Kier alpha value is -1.48. The minimum atomic E-state index is 0.0987. The summed E-state index contributed by atoms with van der Waals surface area (Å²) < 4.78 is 17.0. The molecule has 0 heterocycles. The van der Waals surface area contributed by atoms with Crippen molar-refractivity contribution >= 4 is 6.08 Å². The van der Waals surface area contributed by atoms with Crippen molar-refractivity contribution in [1.29, 1.82) is 0 Å². The summed E-state index contributed by atoms with van der Waals surface area (Å²) in [4.78, 5) is 0. The maximum Gasteiger partial charge on any atom is 0.161 e. The van der Waals surface area contributed by atoms with Gasteiger partial charge in [0.05, 0.1) is 26.4 Å². The van der Waals surface area contributed by atoms with Gasteiger partial charge >= 0.3 is 0 Å². The summed E-state index contributed by atoms with van der Waals surface area (Å²) in [6.07, 6.45) is 9.16. The number of rotatable bonds is 8. The van der Waals surface area contributed by atoms with Gasteiger partial charge in [0.2, 0.25) is 0 Å². The van der Waals surface area contributed by atoms with Gasteiger partial charge in [0.1, 0.15) is 0 Å². The zero-order valence-corrected chi connectivity index (χ0v) is 16.3. The highest BCUT2D eigenvalue weighted by Gasteiger charge is 2.68. The van der Waals surface area contributed by atoms with Crippen molar-refractivity contribution in [1.82, 2.24) is 0 Å². The van der Waals surface area contributed by atoms with Gasteiger partial charge in [-0.3, -0.25) is 0 Å². The normalized spacial score (nSPS) is 30.7. The van der Waals surface area contributed by atoms with Gasteiger partial charge < -0.3 is 14.2 Å². The Morgan fingerprint density at radius 2 is 1.92 bits per heavy atom. The van der Waals surface area contributed by atoms with Crippen LogP contribution >= 0.6 is 0 Å². The quantitative estimate of drug-likeness (QED) is 0.596. The Bertz CT molecular complexity index is 636. The summed E-state index contributed by atoms with van der Waals surface area (Å²) in [5, 5.41) is 0. The lowest BCUT2D eigenvalue weighted by Gasteiger charge is -2.26. The lowest BCUT2D eigenvalue weighted by molar-refractivity contribution is -0.0418. The molecule has 138 valence electrons. The topological polar surface area (TPSA) is 27.7 Å². The van der Waals surface area contributed by atoms with Crippen LogP contribution in [0, 0.1) is 17.3 Å². The monoisotopic (exact) mass is 344 g/mol. The average molecular weight is 344 g/mol. The first-order valence-corrected chi connectivity index (χ1v) is 9.48. The Balaban J connectivity index is 1.48. The molecule has 3 atom stereocenters. The molecule has 1 aromatic carbocycles. The van der Waals surface area contributed by atoms with Crippen LogP contribution < -0.4 is 9.47 Å². The summed E-state index contributed by atoms with van der Waals surface area (Å²) in [7, 11) is 3.32. The first-order valence-electron chi connectivity index (χ1n) is 9.48. The van der Waals surface area contributed by atoms with Crippen molar-refractivity contribution in [3.05, 3.63) is 29.8 Å². The van der Waals surface area contributed by atoms with Crippen molar-refractivity contribution in [2.75, 3.05) is 20.8 Å². The van der Waals surface area contributed by atoms with Gasteiger partial charge in [0.25, 0.3) is 0 Å². The van der Waals surface area contributed by atoms with E-state index in [4.69, 9.17) is 14.2 Å². The molecular weight excluding hydrogens is 312 g/mol. The maximum atomic E-state index is 6.34. The molecule has 3 nitrogen and oxygen atoms in total. The van der Waals surface area contributed by atoms with Crippen LogP contribution in [-0.4, -0.2) is 26.4 Å². The Kier molecular flexibility index (Phi) is 5.15. The molecule has 0 radical (unpaired) electrons. The molecule has 0 bridgehead atoms. The predicted octanol–water partition coefficient (Wildman–Crippen LogP) is 5.34. The number of fused-ring (bicyclic) bond motifs is 1. The van der Waals surface area contributed by atoms with Crippen LogP contribution in [0.15, 0.2) is 24.3 Å². The summed E-state index contributed by atoms with van der Waals surface area (Å²) >= 11 is 0. The van der Waals surface area contributed by atoms with Gasteiger partial charge in [-0.15, -0.1) is 0 Å². The molecule has 3 heteroatoms. The Morgan fingerprint density at radius 1 is 1.16 bits per heavy atom. The molecule has 25 heavy (non-hydrogen) atoms. The molecule has 2 aliphatic carbocycles. The van der Waals surface area contributed by atoms with Gasteiger partial charge in [-0.1, -0.05) is 32.1 Å². The molecule has 0 aromatic heterocycles. The highest BCUT2D eigenvalue weighted by atomic mass is 16.5. The van der Waals surface area contributed by atoms with E-state index in [2.05, 4.69) is 32.9 Å². The van der Waals surface area contributed by atoms with E-state index < -0.39 is 0 Å². The highest BCUT2D eigenvalue weighted by Crippen LogP contribution is 2.71. The fourth-order valence-electron chi connectivity index (χ4n) is 4.71. The standard InChI is InChI=1S/C22H32O3/c1-16(2)22-12-11-21(3,20(22)15-22)25-13-7-6-8-17-9-10-18(23-4)19(14-17)24-5/h6,8-10,14,16,20H,7,11-13,15H2,1-5H3/b8-6+/t20-,21+,22+/m0/s1. The zero-order valence-electron chi connectivity index (χ0n) is 16.3. The van der Waals surface area contributed by atoms with Crippen LogP contribution in [-0.2, 0) is 4.74 Å². The van der Waals surface area contributed by atoms with E-state index in [1.54, 1.807) is 14.2 Å². The number of ether oxygens (including phenoxy) is 3. The third kappa shape index (κ3) is 3.44. The van der Waals surface area contributed by atoms with Crippen LogP contribution in [0.5, 0.6) is 11.5 Å². The Morgan fingerprint density at radius 3 is 2.52 bits per heavy atom. The average Bonchev–Trinajstić information content (AvgIpc) is 3.30. The van der Waals surface area contributed by atoms with Crippen molar-refractivity contribution in [3.8, 4) is 11.5 Å². The molecule has 2 fully saturated rings. The van der Waals surface area contributed by atoms with E-state index in [0.29, 0.717) is 5.41 Å². The molecule has 0 amide bonds. The molecule has 2 saturated carbocycles. The zero-order chi connectivity index (χ0) is 18.1. The van der Waals surface area contributed by atoms with Gasteiger partial charge in [-0.2, -0.15) is 0 Å². The minimum Gasteiger partial charge on any atom is -0.493 e. The van der Waals surface area contributed by atoms with Gasteiger partial charge in [-0.25, -0.2) is 0 Å². The largest absolute Gasteiger partial charge is 0.493 e. The van der Waals surface area contributed by atoms with Crippen molar-refractivity contribution < 1.29 is 14.2 Å². The fraction of sp³-hybridized carbons (Fsp3) is 0.636. The molecule has 0 aliphatic heterocycles. The van der Waals surface area contributed by atoms with Crippen molar-refractivity contribution in [2.24, 2.45) is 17.3 Å². The summed E-state index contributed by atoms with van der Waals surface area (Å²) in [6, 6.07) is 5.97. The van der Waals surface area contributed by atoms with Gasteiger partial charge in [0, 0.05) is 0 Å². The van der Waals surface area contributed by atoms with Crippen LogP contribution in [0.1, 0.15) is 52.0 Å². The maximum absolute atomic E-state index is 6.34. The van der Waals surface area contributed by atoms with E-state index in [1.807, 2.05) is 18.2 Å². The van der Waals surface area contributed by atoms with Crippen LogP contribution in [0.3, 0.4) is 0 Å². The van der Waals surface area contributed by atoms with E-state index in [0.717, 1.165) is 41.9 Å². The minimum absolute atomic E-state index is 0.0987. The summed E-state index contributed by atoms with van der Waals surface area (Å²) in [6.45, 7) is 7.87. The first-order chi connectivity index (χ1) is 11.9.